The van der Waals surface area contributed by atoms with Gasteiger partial charge in [0.05, 0.1) is 11.4 Å². The maximum atomic E-state index is 13.9. The second kappa shape index (κ2) is 7.64. The first-order chi connectivity index (χ1) is 11.0. The molecule has 2 amide bonds. The van der Waals surface area contributed by atoms with Crippen LogP contribution in [0.4, 0.5) is 15.2 Å². The Labute approximate surface area is 137 Å². The molecule has 0 spiro atoms. The lowest BCUT2D eigenvalue weighted by Crippen LogP contribution is -2.23. The molecule has 5 nitrogen and oxygen atoms in total. The van der Waals surface area contributed by atoms with Crippen LogP contribution in [0.2, 0.25) is 0 Å². The maximum absolute atomic E-state index is 13.9. The normalized spacial score (nSPS) is 10.7. The summed E-state index contributed by atoms with van der Waals surface area (Å²) < 4.78 is 13.9. The summed E-state index contributed by atoms with van der Waals surface area (Å²) in [5.74, 6) is -1.07. The van der Waals surface area contributed by atoms with Gasteiger partial charge >= 0.3 is 0 Å². The van der Waals surface area contributed by atoms with E-state index in [-0.39, 0.29) is 17.5 Å². The number of aromatic nitrogens is 1. The minimum absolute atomic E-state index is 0.147. The molecule has 0 fully saturated rings. The van der Waals surface area contributed by atoms with Gasteiger partial charge in [0, 0.05) is 24.9 Å². The molecule has 0 aliphatic heterocycles. The first kappa shape index (κ1) is 16.8. The lowest BCUT2D eigenvalue weighted by atomic mass is 10.3. The van der Waals surface area contributed by atoms with E-state index in [2.05, 4.69) is 10.3 Å². The fraction of sp³-hybridized carbons (Fsp3) is 0.188. The van der Waals surface area contributed by atoms with E-state index in [0.717, 1.165) is 0 Å². The number of halogens is 1. The highest BCUT2D eigenvalue weighted by Gasteiger charge is 2.20. The first-order valence-corrected chi connectivity index (χ1v) is 7.87. The second-order valence-corrected chi connectivity index (χ2v) is 5.43. The van der Waals surface area contributed by atoms with Crippen LogP contribution in [0.1, 0.15) is 19.5 Å². The van der Waals surface area contributed by atoms with Gasteiger partial charge < -0.3 is 5.32 Å². The van der Waals surface area contributed by atoms with Crippen LogP contribution in [0.15, 0.2) is 35.7 Å². The van der Waals surface area contributed by atoms with E-state index in [0.29, 0.717) is 17.4 Å². The van der Waals surface area contributed by atoms with Crippen molar-refractivity contribution >= 4 is 40.0 Å². The van der Waals surface area contributed by atoms with Crippen LogP contribution in [0.5, 0.6) is 0 Å². The van der Waals surface area contributed by atoms with Gasteiger partial charge in [0.25, 0.3) is 0 Å². The highest BCUT2D eigenvalue weighted by atomic mass is 32.1. The Hall–Kier alpha value is -2.54. The van der Waals surface area contributed by atoms with Gasteiger partial charge in [0.1, 0.15) is 5.82 Å². The number of nitrogens with one attached hydrogen (secondary N) is 1. The number of likely N-dealkylation sites (N-methyl/N-ethyl adjacent to an activating group) is 1. The molecule has 2 rings (SSSR count). The van der Waals surface area contributed by atoms with Crippen LogP contribution in [-0.4, -0.2) is 23.3 Å². The third-order valence-electron chi connectivity index (χ3n) is 2.87. The van der Waals surface area contributed by atoms with E-state index in [1.807, 2.05) is 6.92 Å². The van der Waals surface area contributed by atoms with Gasteiger partial charge in [-0.15, -0.1) is 11.3 Å². The fourth-order valence-corrected chi connectivity index (χ4v) is 2.74. The number of amides is 2. The molecular formula is C16H16FN3O2S. The van der Waals surface area contributed by atoms with Crippen molar-refractivity contribution in [2.45, 2.75) is 13.8 Å². The van der Waals surface area contributed by atoms with Crippen LogP contribution < -0.4 is 10.2 Å². The third-order valence-corrected chi connectivity index (χ3v) is 3.71. The number of nitrogens with zero attached hydrogens (tertiary/aromatic N) is 2. The molecule has 0 unspecified atom stereocenters. The molecule has 0 bridgehead atoms. The molecule has 0 aliphatic carbocycles. The largest absolute Gasteiger partial charge is 0.353 e. The Balaban J connectivity index is 2.27. The van der Waals surface area contributed by atoms with Crippen molar-refractivity contribution in [2.24, 2.45) is 0 Å². The number of hydrogen-bond acceptors (Lipinski definition) is 4. The summed E-state index contributed by atoms with van der Waals surface area (Å²) >= 11 is 1.20. The molecule has 0 atom stereocenters. The van der Waals surface area contributed by atoms with Gasteiger partial charge in [0.2, 0.25) is 11.8 Å². The summed E-state index contributed by atoms with van der Waals surface area (Å²) in [6, 6.07) is 6.01. The Morgan fingerprint density at radius 3 is 2.78 bits per heavy atom. The molecule has 0 saturated carbocycles. The average Bonchev–Trinajstić information content (AvgIpc) is 2.96. The van der Waals surface area contributed by atoms with E-state index in [9.17, 15) is 14.0 Å². The Morgan fingerprint density at radius 1 is 1.39 bits per heavy atom. The highest BCUT2D eigenvalue weighted by molar-refractivity contribution is 7.14. The summed E-state index contributed by atoms with van der Waals surface area (Å²) in [4.78, 5) is 28.8. The quantitative estimate of drug-likeness (QED) is 0.855. The Bertz CT molecular complexity index is 742. The summed E-state index contributed by atoms with van der Waals surface area (Å²) in [5.41, 5.74) is 0.674. The van der Waals surface area contributed by atoms with Gasteiger partial charge in [-0.25, -0.2) is 9.37 Å². The number of para-hydroxylation sites is 1. The van der Waals surface area contributed by atoms with Gasteiger partial charge in [0.15, 0.2) is 5.13 Å². The molecule has 7 heteroatoms. The zero-order chi connectivity index (χ0) is 16.8. The third kappa shape index (κ3) is 4.23. The maximum Gasteiger partial charge on any atom is 0.244 e. The van der Waals surface area contributed by atoms with Gasteiger partial charge in [-0.3, -0.25) is 14.5 Å². The number of rotatable bonds is 5. The van der Waals surface area contributed by atoms with Crippen LogP contribution >= 0.6 is 11.3 Å². The summed E-state index contributed by atoms with van der Waals surface area (Å²) in [6.07, 6.45) is 2.91. The van der Waals surface area contributed by atoms with Crippen molar-refractivity contribution in [3.05, 3.63) is 47.2 Å². The number of benzene rings is 1. The lowest BCUT2D eigenvalue weighted by Gasteiger charge is -2.18. The highest BCUT2D eigenvalue weighted by Crippen LogP contribution is 2.30. The number of thiazole rings is 1. The van der Waals surface area contributed by atoms with Crippen molar-refractivity contribution in [1.82, 2.24) is 10.3 Å². The molecule has 1 aromatic heterocycles. The predicted octanol–water partition coefficient (Wildman–Crippen LogP) is 3.12. The minimum atomic E-state index is -0.502. The van der Waals surface area contributed by atoms with Crippen LogP contribution in [0.25, 0.3) is 6.08 Å². The fourth-order valence-electron chi connectivity index (χ4n) is 1.89. The van der Waals surface area contributed by atoms with Crippen molar-refractivity contribution in [3.8, 4) is 0 Å². The molecule has 0 radical (unpaired) electrons. The first-order valence-electron chi connectivity index (χ1n) is 6.99. The minimum Gasteiger partial charge on any atom is -0.353 e. The van der Waals surface area contributed by atoms with Crippen molar-refractivity contribution in [1.29, 1.82) is 0 Å². The predicted molar refractivity (Wildman–Crippen MR) is 89.1 cm³/mol. The van der Waals surface area contributed by atoms with E-state index < -0.39 is 5.82 Å². The molecule has 1 aromatic carbocycles. The lowest BCUT2D eigenvalue weighted by molar-refractivity contribution is -0.117. The van der Waals surface area contributed by atoms with Crippen LogP contribution in [0.3, 0.4) is 0 Å². The number of anilines is 2. The molecule has 120 valence electrons. The van der Waals surface area contributed by atoms with E-state index >= 15 is 0 Å². The average molecular weight is 333 g/mol. The molecule has 0 saturated heterocycles. The van der Waals surface area contributed by atoms with E-state index in [1.54, 1.807) is 23.6 Å². The van der Waals surface area contributed by atoms with Gasteiger partial charge in [-0.1, -0.05) is 12.1 Å². The Kier molecular flexibility index (Phi) is 5.59. The molecule has 2 aromatic rings. The number of carbonyl (C=O) groups is 2. The SMILES string of the molecule is CCNC(=O)/C=C\c1csc(N(C(C)=O)c2ccccc2F)n1. The molecule has 1 N–H and O–H groups in total. The topological polar surface area (TPSA) is 62.3 Å². The summed E-state index contributed by atoms with van der Waals surface area (Å²) in [7, 11) is 0. The van der Waals surface area contributed by atoms with E-state index in [1.165, 1.54) is 41.4 Å². The van der Waals surface area contributed by atoms with Crippen molar-refractivity contribution < 1.29 is 14.0 Å². The van der Waals surface area contributed by atoms with Gasteiger partial charge in [-0.2, -0.15) is 0 Å². The molecule has 0 aliphatic rings. The number of hydrogen-bond donors (Lipinski definition) is 1. The second-order valence-electron chi connectivity index (χ2n) is 4.59. The monoisotopic (exact) mass is 333 g/mol. The zero-order valence-corrected chi connectivity index (χ0v) is 13.6. The zero-order valence-electron chi connectivity index (χ0n) is 12.7. The van der Waals surface area contributed by atoms with Crippen molar-refractivity contribution in [3.63, 3.8) is 0 Å². The summed E-state index contributed by atoms with van der Waals surface area (Å²) in [6.45, 7) is 3.71. The molecule has 1 heterocycles. The Morgan fingerprint density at radius 2 is 2.13 bits per heavy atom. The summed E-state index contributed by atoms with van der Waals surface area (Å²) in [5, 5.41) is 4.67. The van der Waals surface area contributed by atoms with E-state index in [4.69, 9.17) is 0 Å². The van der Waals surface area contributed by atoms with Crippen LogP contribution in [-0.2, 0) is 9.59 Å². The smallest absolute Gasteiger partial charge is 0.244 e. The standard InChI is InChI=1S/C16H16FN3O2S/c1-3-18-15(22)9-8-12-10-23-16(19-12)20(11(2)21)14-7-5-4-6-13(14)17/h4-10H,3H2,1-2H3,(H,18,22)/b9-8-. The number of carbonyl (C=O) groups excluding carboxylic acids is 2. The van der Waals surface area contributed by atoms with Gasteiger partial charge in [-0.05, 0) is 25.1 Å². The van der Waals surface area contributed by atoms with Crippen LogP contribution in [0, 0.1) is 5.82 Å². The molecular weight excluding hydrogens is 317 g/mol. The molecule has 23 heavy (non-hydrogen) atoms. The van der Waals surface area contributed by atoms with Crippen molar-refractivity contribution in [2.75, 3.05) is 11.4 Å².